The fraction of sp³-hybridized carbons (Fsp3) is 0.375. The first kappa shape index (κ1) is 7.22. The molecule has 54 valence electrons. The maximum Gasteiger partial charge on any atom is 0.161 e. The molecule has 0 radical (unpaired) electrons. The number of carbonyl (C=O) groups excluding carboxylic acids is 1. The van der Waals surface area contributed by atoms with Crippen molar-refractivity contribution in [1.82, 2.24) is 0 Å². The van der Waals surface area contributed by atoms with Gasteiger partial charge in [-0.2, -0.15) is 0 Å². The molecule has 1 aliphatic carbocycles. The van der Waals surface area contributed by atoms with E-state index in [1.165, 1.54) is 12.2 Å². The molecule has 0 aromatic carbocycles. The lowest BCUT2D eigenvalue weighted by Crippen LogP contribution is -2.21. The van der Waals surface area contributed by atoms with Gasteiger partial charge in [0.1, 0.15) is 0 Å². The highest BCUT2D eigenvalue weighted by Crippen LogP contribution is 2.18. The van der Waals surface area contributed by atoms with E-state index in [1.807, 2.05) is 0 Å². The number of hydrogen-bond donors (Lipinski definition) is 1. The summed E-state index contributed by atoms with van der Waals surface area (Å²) in [5.41, 5.74) is 0. The molecule has 1 rings (SSSR count). The maximum atomic E-state index is 10.9. The van der Waals surface area contributed by atoms with Crippen LogP contribution < -0.4 is 0 Å². The van der Waals surface area contributed by atoms with Gasteiger partial charge in [0, 0.05) is 0 Å². The minimum atomic E-state index is -0.678. The predicted molar refractivity (Wildman–Crippen MR) is 38.5 cm³/mol. The molecule has 10 heavy (non-hydrogen) atoms. The van der Waals surface area contributed by atoms with E-state index in [1.54, 1.807) is 6.08 Å². The monoisotopic (exact) mass is 138 g/mol. The zero-order chi connectivity index (χ0) is 7.56. The Hall–Kier alpha value is -0.890. The molecular weight excluding hydrogens is 128 g/mol. The number of allylic oxidation sites excluding steroid dienone is 2. The van der Waals surface area contributed by atoms with Crippen LogP contribution in [0.2, 0.25) is 0 Å². The molecule has 0 heterocycles. The van der Waals surface area contributed by atoms with Gasteiger partial charge < -0.3 is 5.11 Å². The van der Waals surface area contributed by atoms with Gasteiger partial charge in [-0.3, -0.25) is 4.79 Å². The number of rotatable bonds is 2. The largest absolute Gasteiger partial charge is 0.388 e. The van der Waals surface area contributed by atoms with E-state index in [4.69, 9.17) is 5.11 Å². The smallest absolute Gasteiger partial charge is 0.161 e. The second-order valence-corrected chi connectivity index (χ2v) is 2.37. The Labute approximate surface area is 59.9 Å². The third-order valence-corrected chi connectivity index (χ3v) is 1.69. The Morgan fingerprint density at radius 2 is 2.60 bits per heavy atom. The Morgan fingerprint density at radius 3 is 3.00 bits per heavy atom. The van der Waals surface area contributed by atoms with Gasteiger partial charge in [0.25, 0.3) is 0 Å². The van der Waals surface area contributed by atoms with Crippen LogP contribution in [0.5, 0.6) is 0 Å². The van der Waals surface area contributed by atoms with Crippen molar-refractivity contribution in [2.45, 2.75) is 12.5 Å². The maximum absolute atomic E-state index is 10.9. The van der Waals surface area contributed by atoms with Gasteiger partial charge in [0.2, 0.25) is 0 Å². The fourth-order valence-electron chi connectivity index (χ4n) is 1.04. The average Bonchev–Trinajstić information content (AvgIpc) is 2.34. The number of aliphatic hydroxyl groups is 1. The van der Waals surface area contributed by atoms with E-state index in [0.717, 1.165) is 0 Å². The zero-order valence-corrected chi connectivity index (χ0v) is 5.66. The highest BCUT2D eigenvalue weighted by molar-refractivity contribution is 5.94. The van der Waals surface area contributed by atoms with Gasteiger partial charge in [-0.15, -0.1) is 6.58 Å². The lowest BCUT2D eigenvalue weighted by Gasteiger charge is -2.10. The van der Waals surface area contributed by atoms with Gasteiger partial charge in [0.05, 0.1) is 12.0 Å². The molecule has 2 atom stereocenters. The second-order valence-electron chi connectivity index (χ2n) is 2.37. The molecule has 1 N–H and O–H groups in total. The summed E-state index contributed by atoms with van der Waals surface area (Å²) < 4.78 is 0. The van der Waals surface area contributed by atoms with E-state index in [2.05, 4.69) is 6.58 Å². The summed E-state index contributed by atoms with van der Waals surface area (Å²) in [5, 5.41) is 9.15. The first-order valence-corrected chi connectivity index (χ1v) is 3.26. The highest BCUT2D eigenvalue weighted by Gasteiger charge is 2.24. The van der Waals surface area contributed by atoms with E-state index >= 15 is 0 Å². The standard InChI is InChI=1S/C8H10O2/c1-2-7(9)6-4-3-5-8(6)10/h2-3,5-7,9H,1,4H2. The molecule has 0 aromatic heterocycles. The third-order valence-electron chi connectivity index (χ3n) is 1.69. The molecule has 0 aromatic rings. The molecule has 0 bridgehead atoms. The normalized spacial score (nSPS) is 26.9. The van der Waals surface area contributed by atoms with Crippen LogP contribution in [-0.2, 0) is 4.79 Å². The molecule has 0 saturated heterocycles. The molecule has 0 saturated carbocycles. The zero-order valence-electron chi connectivity index (χ0n) is 5.66. The van der Waals surface area contributed by atoms with Crippen molar-refractivity contribution in [3.8, 4) is 0 Å². The lowest BCUT2D eigenvalue weighted by molar-refractivity contribution is -0.119. The summed E-state index contributed by atoms with van der Waals surface area (Å²) in [6.45, 7) is 3.41. The van der Waals surface area contributed by atoms with Crippen molar-refractivity contribution in [2.24, 2.45) is 5.92 Å². The van der Waals surface area contributed by atoms with Crippen LogP contribution in [0, 0.1) is 5.92 Å². The van der Waals surface area contributed by atoms with Crippen molar-refractivity contribution in [3.63, 3.8) is 0 Å². The van der Waals surface area contributed by atoms with Crippen LogP contribution >= 0.6 is 0 Å². The number of carbonyl (C=O) groups is 1. The number of ketones is 1. The van der Waals surface area contributed by atoms with Gasteiger partial charge >= 0.3 is 0 Å². The van der Waals surface area contributed by atoms with Crippen molar-refractivity contribution in [3.05, 3.63) is 24.8 Å². The molecule has 0 amide bonds. The van der Waals surface area contributed by atoms with Crippen LogP contribution in [0.4, 0.5) is 0 Å². The van der Waals surface area contributed by atoms with Crippen molar-refractivity contribution >= 4 is 5.78 Å². The van der Waals surface area contributed by atoms with Gasteiger partial charge in [-0.25, -0.2) is 0 Å². The number of aliphatic hydroxyl groups excluding tert-OH is 1. The van der Waals surface area contributed by atoms with Gasteiger partial charge in [0.15, 0.2) is 5.78 Å². The molecule has 0 aliphatic heterocycles. The predicted octanol–water partition coefficient (Wildman–Crippen LogP) is 0.678. The summed E-state index contributed by atoms with van der Waals surface area (Å²) in [6.07, 6.45) is 4.65. The van der Waals surface area contributed by atoms with Crippen molar-refractivity contribution in [1.29, 1.82) is 0 Å². The fourth-order valence-corrected chi connectivity index (χ4v) is 1.04. The Balaban J connectivity index is 2.59. The van der Waals surface area contributed by atoms with Crippen LogP contribution in [0.15, 0.2) is 24.8 Å². The first-order valence-electron chi connectivity index (χ1n) is 3.26. The minimum Gasteiger partial charge on any atom is -0.388 e. The summed E-state index contributed by atoms with van der Waals surface area (Å²) in [5.74, 6) is -0.259. The van der Waals surface area contributed by atoms with Gasteiger partial charge in [-0.05, 0) is 12.5 Å². The molecule has 0 fully saturated rings. The molecule has 2 heteroatoms. The summed E-state index contributed by atoms with van der Waals surface area (Å²) >= 11 is 0. The van der Waals surface area contributed by atoms with Crippen LogP contribution in [-0.4, -0.2) is 17.0 Å². The van der Waals surface area contributed by atoms with Crippen LogP contribution in [0.1, 0.15) is 6.42 Å². The van der Waals surface area contributed by atoms with Crippen molar-refractivity contribution < 1.29 is 9.90 Å². The summed E-state index contributed by atoms with van der Waals surface area (Å²) in [4.78, 5) is 10.9. The summed E-state index contributed by atoms with van der Waals surface area (Å²) in [7, 11) is 0. The first-order chi connectivity index (χ1) is 4.75. The SMILES string of the molecule is C=CC(O)C1CC=CC1=O. The second kappa shape index (κ2) is 2.80. The average molecular weight is 138 g/mol. The molecule has 2 unspecified atom stereocenters. The summed E-state index contributed by atoms with van der Waals surface area (Å²) in [6, 6.07) is 0. The quantitative estimate of drug-likeness (QED) is 0.570. The molecule has 0 spiro atoms. The van der Waals surface area contributed by atoms with Crippen LogP contribution in [0.25, 0.3) is 0 Å². The van der Waals surface area contributed by atoms with E-state index in [0.29, 0.717) is 6.42 Å². The Kier molecular flexibility index (Phi) is 2.02. The van der Waals surface area contributed by atoms with Crippen LogP contribution in [0.3, 0.4) is 0 Å². The number of hydrogen-bond acceptors (Lipinski definition) is 2. The van der Waals surface area contributed by atoms with E-state index in [-0.39, 0.29) is 11.7 Å². The van der Waals surface area contributed by atoms with Crippen molar-refractivity contribution in [2.75, 3.05) is 0 Å². The third kappa shape index (κ3) is 1.16. The molecule has 2 nitrogen and oxygen atoms in total. The van der Waals surface area contributed by atoms with E-state index in [9.17, 15) is 4.79 Å². The lowest BCUT2D eigenvalue weighted by atomic mass is 9.99. The molecular formula is C8H10O2. The van der Waals surface area contributed by atoms with E-state index < -0.39 is 6.10 Å². The highest BCUT2D eigenvalue weighted by atomic mass is 16.3. The Bertz CT molecular complexity index is 182. The Morgan fingerprint density at radius 1 is 1.90 bits per heavy atom. The molecule has 1 aliphatic rings. The topological polar surface area (TPSA) is 37.3 Å². The van der Waals surface area contributed by atoms with Gasteiger partial charge in [-0.1, -0.05) is 12.2 Å². The minimum absolute atomic E-state index is 0.00685.